The van der Waals surface area contributed by atoms with Gasteiger partial charge in [0, 0.05) is 13.5 Å². The van der Waals surface area contributed by atoms with Crippen molar-refractivity contribution >= 4 is 11.9 Å². The number of carbonyl (C=O) groups excluding carboxylic acids is 1. The number of carboxylic acids is 1. The van der Waals surface area contributed by atoms with Gasteiger partial charge in [0.25, 0.3) is 0 Å². The second-order valence-corrected chi connectivity index (χ2v) is 6.64. The number of rotatable bonds is 9. The first-order chi connectivity index (χ1) is 11.2. The molecule has 0 spiro atoms. The summed E-state index contributed by atoms with van der Waals surface area (Å²) < 4.78 is 10.4. The number of hydrogen-bond acceptors (Lipinski definition) is 4. The Morgan fingerprint density at radius 3 is 2.33 bits per heavy atom. The minimum Gasteiger partial charge on any atom is -0.494 e. The molecule has 0 aliphatic heterocycles. The summed E-state index contributed by atoms with van der Waals surface area (Å²) in [6.45, 7) is 6.78. The van der Waals surface area contributed by atoms with Crippen molar-refractivity contribution in [2.75, 3.05) is 20.3 Å². The number of hydrogen-bond donors (Lipinski definition) is 2. The monoisotopic (exact) mass is 337 g/mol. The number of ether oxygens (including phenoxy) is 2. The number of aliphatic carboxylic acids is 1. The molecule has 1 rings (SSSR count). The number of carbonyl (C=O) groups is 2. The number of amides is 1. The third-order valence-corrected chi connectivity index (χ3v) is 3.50. The van der Waals surface area contributed by atoms with Gasteiger partial charge in [-0.2, -0.15) is 0 Å². The lowest BCUT2D eigenvalue weighted by Gasteiger charge is -2.19. The van der Waals surface area contributed by atoms with Gasteiger partial charge in [0.1, 0.15) is 5.75 Å². The SMILES string of the molecule is COCC(NC(=O)CCCOc1ccc(C(C)(C)C)cc1)C(=O)O. The second kappa shape index (κ2) is 9.27. The highest BCUT2D eigenvalue weighted by Crippen LogP contribution is 2.24. The van der Waals surface area contributed by atoms with E-state index >= 15 is 0 Å². The van der Waals surface area contributed by atoms with E-state index < -0.39 is 12.0 Å². The number of benzene rings is 1. The summed E-state index contributed by atoms with van der Waals surface area (Å²) in [7, 11) is 1.39. The molecule has 0 radical (unpaired) electrons. The van der Waals surface area contributed by atoms with E-state index in [0.717, 1.165) is 5.75 Å². The number of carboxylic acid groups (broad SMARTS) is 1. The van der Waals surface area contributed by atoms with Gasteiger partial charge in [0.2, 0.25) is 5.91 Å². The van der Waals surface area contributed by atoms with Gasteiger partial charge in [0.05, 0.1) is 13.2 Å². The van der Waals surface area contributed by atoms with E-state index in [1.165, 1.54) is 12.7 Å². The molecule has 0 heterocycles. The molecule has 1 aromatic rings. The Bertz CT molecular complexity index is 533. The molecule has 0 aromatic heterocycles. The van der Waals surface area contributed by atoms with Crippen molar-refractivity contribution < 1.29 is 24.2 Å². The average molecular weight is 337 g/mol. The van der Waals surface area contributed by atoms with Crippen LogP contribution in [0.5, 0.6) is 5.75 Å². The van der Waals surface area contributed by atoms with Crippen LogP contribution in [-0.2, 0) is 19.7 Å². The minimum atomic E-state index is -1.11. The summed E-state index contributed by atoms with van der Waals surface area (Å²) in [5.41, 5.74) is 1.33. The van der Waals surface area contributed by atoms with Crippen LogP contribution in [0, 0.1) is 0 Å². The highest BCUT2D eigenvalue weighted by Gasteiger charge is 2.19. The second-order valence-electron chi connectivity index (χ2n) is 6.64. The summed E-state index contributed by atoms with van der Waals surface area (Å²) >= 11 is 0. The molecule has 0 saturated heterocycles. The summed E-state index contributed by atoms with van der Waals surface area (Å²) in [6, 6.07) is 6.88. The molecule has 0 fully saturated rings. The van der Waals surface area contributed by atoms with E-state index in [2.05, 4.69) is 26.1 Å². The molecule has 1 atom stereocenters. The van der Waals surface area contributed by atoms with Gasteiger partial charge in [0.15, 0.2) is 6.04 Å². The van der Waals surface area contributed by atoms with Crippen LogP contribution in [0.2, 0.25) is 0 Å². The normalized spacial score (nSPS) is 12.5. The first-order valence-corrected chi connectivity index (χ1v) is 7.98. The fraction of sp³-hybridized carbons (Fsp3) is 0.556. The quantitative estimate of drug-likeness (QED) is 0.676. The van der Waals surface area contributed by atoms with Crippen LogP contribution in [0.15, 0.2) is 24.3 Å². The van der Waals surface area contributed by atoms with Crippen LogP contribution >= 0.6 is 0 Å². The molecule has 6 nitrogen and oxygen atoms in total. The molecule has 0 aliphatic rings. The van der Waals surface area contributed by atoms with Crippen molar-refractivity contribution in [2.24, 2.45) is 0 Å². The van der Waals surface area contributed by atoms with Gasteiger partial charge in [-0.25, -0.2) is 4.79 Å². The van der Waals surface area contributed by atoms with Gasteiger partial charge in [-0.3, -0.25) is 4.79 Å². The lowest BCUT2D eigenvalue weighted by Crippen LogP contribution is -2.43. The van der Waals surface area contributed by atoms with Crippen LogP contribution in [0.4, 0.5) is 0 Å². The van der Waals surface area contributed by atoms with E-state index in [9.17, 15) is 9.59 Å². The molecular weight excluding hydrogens is 310 g/mol. The van der Waals surface area contributed by atoms with E-state index in [0.29, 0.717) is 13.0 Å². The maximum Gasteiger partial charge on any atom is 0.328 e. The summed E-state index contributed by atoms with van der Waals surface area (Å²) in [4.78, 5) is 22.6. The molecule has 134 valence electrons. The zero-order valence-corrected chi connectivity index (χ0v) is 14.8. The molecule has 6 heteroatoms. The van der Waals surface area contributed by atoms with Crippen molar-refractivity contribution in [1.82, 2.24) is 5.32 Å². The Hall–Kier alpha value is -2.08. The van der Waals surface area contributed by atoms with Crippen LogP contribution in [-0.4, -0.2) is 43.3 Å². The number of methoxy groups -OCH3 is 1. The number of nitrogens with one attached hydrogen (secondary N) is 1. The van der Waals surface area contributed by atoms with Crippen molar-refractivity contribution in [1.29, 1.82) is 0 Å². The fourth-order valence-electron chi connectivity index (χ4n) is 2.08. The van der Waals surface area contributed by atoms with Crippen LogP contribution in [0.25, 0.3) is 0 Å². The largest absolute Gasteiger partial charge is 0.494 e. The maximum atomic E-state index is 11.7. The first-order valence-electron chi connectivity index (χ1n) is 7.98. The van der Waals surface area contributed by atoms with E-state index in [1.807, 2.05) is 24.3 Å². The Morgan fingerprint density at radius 2 is 1.83 bits per heavy atom. The van der Waals surface area contributed by atoms with Gasteiger partial charge in [-0.05, 0) is 29.5 Å². The molecule has 0 bridgehead atoms. The minimum absolute atomic E-state index is 0.0578. The smallest absolute Gasteiger partial charge is 0.328 e. The fourth-order valence-corrected chi connectivity index (χ4v) is 2.08. The molecule has 0 aliphatic carbocycles. The highest BCUT2D eigenvalue weighted by atomic mass is 16.5. The summed E-state index contributed by atoms with van der Waals surface area (Å²) in [5.74, 6) is -0.683. The summed E-state index contributed by atoms with van der Waals surface area (Å²) in [5, 5.41) is 11.4. The van der Waals surface area contributed by atoms with Gasteiger partial charge in [-0.1, -0.05) is 32.9 Å². The average Bonchev–Trinajstić information content (AvgIpc) is 2.50. The topological polar surface area (TPSA) is 84.9 Å². The third-order valence-electron chi connectivity index (χ3n) is 3.50. The molecular formula is C18H27NO5. The lowest BCUT2D eigenvalue weighted by molar-refractivity contribution is -0.143. The van der Waals surface area contributed by atoms with Crippen LogP contribution < -0.4 is 10.1 Å². The van der Waals surface area contributed by atoms with E-state index in [4.69, 9.17) is 14.6 Å². The standard InChI is InChI=1S/C18H27NO5/c1-18(2,3)13-7-9-14(10-8-13)24-11-5-6-16(20)19-15(12-23-4)17(21)22/h7-10,15H,5-6,11-12H2,1-4H3,(H,19,20)(H,21,22). The van der Waals surface area contributed by atoms with E-state index in [1.54, 1.807) is 0 Å². The van der Waals surface area contributed by atoms with E-state index in [-0.39, 0.29) is 24.3 Å². The molecule has 2 N–H and O–H groups in total. The van der Waals surface area contributed by atoms with Gasteiger partial charge >= 0.3 is 5.97 Å². The molecule has 1 aromatic carbocycles. The predicted octanol–water partition coefficient (Wildman–Crippen LogP) is 2.36. The zero-order chi connectivity index (χ0) is 18.2. The van der Waals surface area contributed by atoms with Gasteiger partial charge in [-0.15, -0.1) is 0 Å². The summed E-state index contributed by atoms with van der Waals surface area (Å²) in [6.07, 6.45) is 0.708. The highest BCUT2D eigenvalue weighted by molar-refractivity contribution is 5.83. The Morgan fingerprint density at radius 1 is 1.21 bits per heavy atom. The van der Waals surface area contributed by atoms with Crippen molar-refractivity contribution in [2.45, 2.75) is 45.1 Å². The van der Waals surface area contributed by atoms with Crippen molar-refractivity contribution in [3.8, 4) is 5.75 Å². The van der Waals surface area contributed by atoms with Gasteiger partial charge < -0.3 is 19.9 Å². The predicted molar refractivity (Wildman–Crippen MR) is 91.3 cm³/mol. The molecule has 0 saturated carbocycles. The maximum absolute atomic E-state index is 11.7. The third kappa shape index (κ3) is 7.00. The van der Waals surface area contributed by atoms with Crippen LogP contribution in [0.1, 0.15) is 39.2 Å². The Labute approximate surface area is 143 Å². The lowest BCUT2D eigenvalue weighted by atomic mass is 9.87. The Balaban J connectivity index is 2.32. The molecule has 24 heavy (non-hydrogen) atoms. The zero-order valence-electron chi connectivity index (χ0n) is 14.8. The van der Waals surface area contributed by atoms with Crippen LogP contribution in [0.3, 0.4) is 0 Å². The molecule has 1 unspecified atom stereocenters. The van der Waals surface area contributed by atoms with Crippen molar-refractivity contribution in [3.63, 3.8) is 0 Å². The first kappa shape index (κ1) is 20.0. The van der Waals surface area contributed by atoms with Crippen molar-refractivity contribution in [3.05, 3.63) is 29.8 Å². The molecule has 1 amide bonds. The Kier molecular flexibility index (Phi) is 7.71.